The maximum Gasteiger partial charge on any atom is 0.234 e. The predicted octanol–water partition coefficient (Wildman–Crippen LogP) is 2.05. The van der Waals surface area contributed by atoms with E-state index in [1.807, 2.05) is 31.3 Å². The quantitative estimate of drug-likeness (QED) is 0.749. The monoisotopic (exact) mass is 355 g/mol. The molecule has 1 aromatic carbocycles. The molecule has 1 saturated heterocycles. The number of halogens is 1. The Kier molecular flexibility index (Phi) is 9.76. The second-order valence-electron chi connectivity index (χ2n) is 6.24. The number of rotatable bonds is 8. The Morgan fingerprint density at radius 2 is 2.08 bits per heavy atom. The molecule has 5 nitrogen and oxygen atoms in total. The van der Waals surface area contributed by atoms with E-state index in [1.54, 1.807) is 7.11 Å². The van der Waals surface area contributed by atoms with Gasteiger partial charge in [0.05, 0.1) is 13.7 Å². The number of carbonyl (C=O) groups excluding carboxylic acids is 1. The first-order valence-corrected chi connectivity index (χ1v) is 8.48. The molecule has 0 bridgehead atoms. The van der Waals surface area contributed by atoms with Crippen molar-refractivity contribution in [1.29, 1.82) is 0 Å². The molecule has 136 valence electrons. The average Bonchev–Trinajstić information content (AvgIpc) is 2.59. The van der Waals surface area contributed by atoms with Crippen molar-refractivity contribution in [3.8, 4) is 5.75 Å². The minimum atomic E-state index is 0. The summed E-state index contributed by atoms with van der Waals surface area (Å²) in [7, 11) is 3.65. The van der Waals surface area contributed by atoms with Gasteiger partial charge in [-0.1, -0.05) is 12.1 Å². The number of methoxy groups -OCH3 is 1. The summed E-state index contributed by atoms with van der Waals surface area (Å²) in [4.78, 5) is 14.4. The van der Waals surface area contributed by atoms with E-state index in [9.17, 15) is 4.79 Å². The predicted molar refractivity (Wildman–Crippen MR) is 99.8 cm³/mol. The summed E-state index contributed by atoms with van der Waals surface area (Å²) in [5.41, 5.74) is 1.06. The number of piperidine rings is 1. The number of ether oxygens (including phenoxy) is 1. The van der Waals surface area contributed by atoms with E-state index in [-0.39, 0.29) is 18.3 Å². The fourth-order valence-corrected chi connectivity index (χ4v) is 3.02. The van der Waals surface area contributed by atoms with Gasteiger partial charge in [-0.3, -0.25) is 9.69 Å². The van der Waals surface area contributed by atoms with Crippen LogP contribution >= 0.6 is 12.4 Å². The van der Waals surface area contributed by atoms with Crippen LogP contribution in [-0.4, -0.2) is 51.1 Å². The molecule has 1 amide bonds. The Labute approximate surface area is 151 Å². The van der Waals surface area contributed by atoms with Gasteiger partial charge < -0.3 is 15.4 Å². The molecule has 0 saturated carbocycles. The number of carbonyl (C=O) groups is 1. The van der Waals surface area contributed by atoms with E-state index < -0.39 is 0 Å². The van der Waals surface area contributed by atoms with Crippen LogP contribution in [-0.2, 0) is 11.3 Å². The highest BCUT2D eigenvalue weighted by Gasteiger charge is 2.20. The molecule has 24 heavy (non-hydrogen) atoms. The van der Waals surface area contributed by atoms with Crippen LogP contribution in [0.1, 0.15) is 24.8 Å². The highest BCUT2D eigenvalue weighted by atomic mass is 35.5. The molecule has 1 heterocycles. The fraction of sp³-hybridized carbons (Fsp3) is 0.611. The summed E-state index contributed by atoms with van der Waals surface area (Å²) in [5.74, 6) is 1.72. The van der Waals surface area contributed by atoms with E-state index in [0.717, 1.165) is 36.9 Å². The maximum absolute atomic E-state index is 12.1. The summed E-state index contributed by atoms with van der Waals surface area (Å²) in [6.07, 6.45) is 3.64. The Balaban J connectivity index is 0.00000288. The Hall–Kier alpha value is -1.30. The lowest BCUT2D eigenvalue weighted by atomic mass is 9.93. The van der Waals surface area contributed by atoms with E-state index in [0.29, 0.717) is 13.1 Å². The third-order valence-corrected chi connectivity index (χ3v) is 4.50. The zero-order chi connectivity index (χ0) is 16.5. The van der Waals surface area contributed by atoms with E-state index in [1.165, 1.54) is 19.3 Å². The summed E-state index contributed by atoms with van der Waals surface area (Å²) in [5, 5.41) is 6.21. The minimum absolute atomic E-state index is 0. The fourth-order valence-electron chi connectivity index (χ4n) is 3.02. The first-order valence-electron chi connectivity index (χ1n) is 8.48. The molecule has 0 aromatic heterocycles. The molecule has 0 spiro atoms. The number of hydrogen-bond donors (Lipinski definition) is 2. The van der Waals surface area contributed by atoms with E-state index >= 15 is 0 Å². The van der Waals surface area contributed by atoms with Gasteiger partial charge in [0.25, 0.3) is 0 Å². The maximum atomic E-state index is 12.1. The van der Waals surface area contributed by atoms with Crippen LogP contribution in [0, 0.1) is 5.92 Å². The Bertz CT molecular complexity index is 491. The Morgan fingerprint density at radius 1 is 1.33 bits per heavy atom. The average molecular weight is 356 g/mol. The van der Waals surface area contributed by atoms with Crippen molar-refractivity contribution in [2.45, 2.75) is 25.8 Å². The number of nitrogens with one attached hydrogen (secondary N) is 2. The standard InChI is InChI=1S/C18H29N3O2.ClH/c1-19-9-6-15-7-10-21(11-8-15)14-18(22)20-13-16-4-3-5-17(12-16)23-2;/h3-5,12,15,19H,6-11,13-14H2,1-2H3,(H,20,22);1H. The van der Waals surface area contributed by atoms with Crippen molar-refractivity contribution in [3.05, 3.63) is 29.8 Å². The Morgan fingerprint density at radius 3 is 2.75 bits per heavy atom. The molecule has 1 aliphatic rings. The highest BCUT2D eigenvalue weighted by Crippen LogP contribution is 2.19. The molecule has 0 unspecified atom stereocenters. The zero-order valence-electron chi connectivity index (χ0n) is 14.7. The first kappa shape index (κ1) is 20.7. The van der Waals surface area contributed by atoms with Crippen LogP contribution in [0.15, 0.2) is 24.3 Å². The number of hydrogen-bond acceptors (Lipinski definition) is 4. The molecule has 2 N–H and O–H groups in total. The molecule has 1 aliphatic heterocycles. The van der Waals surface area contributed by atoms with Crippen molar-refractivity contribution in [3.63, 3.8) is 0 Å². The van der Waals surface area contributed by atoms with Crippen LogP contribution in [0.2, 0.25) is 0 Å². The molecule has 1 aromatic rings. The lowest BCUT2D eigenvalue weighted by Gasteiger charge is -2.31. The van der Waals surface area contributed by atoms with Crippen LogP contribution in [0.3, 0.4) is 0 Å². The minimum Gasteiger partial charge on any atom is -0.497 e. The molecule has 0 aliphatic carbocycles. The van der Waals surface area contributed by atoms with Crippen molar-refractivity contribution in [1.82, 2.24) is 15.5 Å². The topological polar surface area (TPSA) is 53.6 Å². The number of benzene rings is 1. The normalized spacial score (nSPS) is 15.6. The molecule has 0 radical (unpaired) electrons. The molecule has 6 heteroatoms. The second-order valence-corrected chi connectivity index (χ2v) is 6.24. The molecule has 1 fully saturated rings. The first-order chi connectivity index (χ1) is 11.2. The van der Waals surface area contributed by atoms with E-state index in [2.05, 4.69) is 15.5 Å². The smallest absolute Gasteiger partial charge is 0.234 e. The number of amides is 1. The van der Waals surface area contributed by atoms with Gasteiger partial charge in [0.15, 0.2) is 0 Å². The molecule has 0 atom stereocenters. The summed E-state index contributed by atoms with van der Waals surface area (Å²) < 4.78 is 5.20. The van der Waals surface area contributed by atoms with Crippen LogP contribution in [0.25, 0.3) is 0 Å². The van der Waals surface area contributed by atoms with Gasteiger partial charge in [-0.2, -0.15) is 0 Å². The summed E-state index contributed by atoms with van der Waals surface area (Å²) >= 11 is 0. The van der Waals surface area contributed by atoms with Gasteiger partial charge >= 0.3 is 0 Å². The van der Waals surface area contributed by atoms with Crippen molar-refractivity contribution >= 4 is 18.3 Å². The lowest BCUT2D eigenvalue weighted by molar-refractivity contribution is -0.122. The van der Waals surface area contributed by atoms with Crippen molar-refractivity contribution < 1.29 is 9.53 Å². The summed E-state index contributed by atoms with van der Waals surface area (Å²) in [6, 6.07) is 7.80. The van der Waals surface area contributed by atoms with Gasteiger partial charge in [-0.25, -0.2) is 0 Å². The van der Waals surface area contributed by atoms with Crippen molar-refractivity contribution in [2.75, 3.05) is 40.3 Å². The zero-order valence-corrected chi connectivity index (χ0v) is 15.5. The lowest BCUT2D eigenvalue weighted by Crippen LogP contribution is -2.41. The SMILES string of the molecule is CNCCC1CCN(CC(=O)NCc2cccc(OC)c2)CC1.Cl. The molecule has 2 rings (SSSR count). The largest absolute Gasteiger partial charge is 0.497 e. The van der Waals surface area contributed by atoms with Gasteiger partial charge in [-0.05, 0) is 69.6 Å². The van der Waals surface area contributed by atoms with E-state index in [4.69, 9.17) is 4.74 Å². The molecular formula is C18H30ClN3O2. The number of nitrogens with zero attached hydrogens (tertiary/aromatic N) is 1. The third kappa shape index (κ3) is 7.07. The highest BCUT2D eigenvalue weighted by molar-refractivity contribution is 5.85. The van der Waals surface area contributed by atoms with Gasteiger partial charge in [0.1, 0.15) is 5.75 Å². The molecular weight excluding hydrogens is 326 g/mol. The summed E-state index contributed by atoms with van der Waals surface area (Å²) in [6.45, 7) is 4.20. The number of likely N-dealkylation sites (tertiary alicyclic amines) is 1. The van der Waals surface area contributed by atoms with Gasteiger partial charge in [0.2, 0.25) is 5.91 Å². The van der Waals surface area contributed by atoms with Gasteiger partial charge in [-0.15, -0.1) is 12.4 Å². The van der Waals surface area contributed by atoms with Crippen LogP contribution in [0.5, 0.6) is 5.75 Å². The van der Waals surface area contributed by atoms with Crippen LogP contribution < -0.4 is 15.4 Å². The van der Waals surface area contributed by atoms with Gasteiger partial charge in [0, 0.05) is 6.54 Å². The second kappa shape index (κ2) is 11.3. The van der Waals surface area contributed by atoms with Crippen LogP contribution in [0.4, 0.5) is 0 Å². The van der Waals surface area contributed by atoms with Crippen molar-refractivity contribution in [2.24, 2.45) is 5.92 Å². The third-order valence-electron chi connectivity index (χ3n) is 4.50.